The minimum absolute atomic E-state index is 0.139. The van der Waals surface area contributed by atoms with Crippen LogP contribution in [0.1, 0.15) is 41.2 Å². The summed E-state index contributed by atoms with van der Waals surface area (Å²) < 4.78 is 13.7. The number of aromatic nitrogens is 1. The van der Waals surface area contributed by atoms with Gasteiger partial charge in [0.05, 0.1) is 17.1 Å². The van der Waals surface area contributed by atoms with E-state index in [-0.39, 0.29) is 17.8 Å². The summed E-state index contributed by atoms with van der Waals surface area (Å²) in [6, 6.07) is 15.7. The summed E-state index contributed by atoms with van der Waals surface area (Å²) in [5.74, 6) is -0.0518. The molecular weight excluding hydrogens is 315 g/mol. The molecule has 1 amide bonds. The Morgan fingerprint density at radius 3 is 2.72 bits per heavy atom. The van der Waals surface area contributed by atoms with Crippen molar-refractivity contribution in [3.8, 4) is 0 Å². The first-order valence-corrected chi connectivity index (χ1v) is 8.62. The molecule has 1 saturated carbocycles. The SMILES string of the molecule is O=C(N[C@H](c1cccc(F)c1)C1CCC1)c1ccnc2ccccc12. The zero-order valence-electron chi connectivity index (χ0n) is 13.8. The molecule has 3 aromatic rings. The van der Waals surface area contributed by atoms with E-state index in [4.69, 9.17) is 0 Å². The van der Waals surface area contributed by atoms with Crippen LogP contribution in [0.5, 0.6) is 0 Å². The molecule has 3 nitrogen and oxygen atoms in total. The van der Waals surface area contributed by atoms with Crippen LogP contribution < -0.4 is 5.32 Å². The molecule has 2 aromatic carbocycles. The molecule has 0 aliphatic heterocycles. The highest BCUT2D eigenvalue weighted by Crippen LogP contribution is 2.38. The van der Waals surface area contributed by atoms with Crippen LogP contribution >= 0.6 is 0 Å². The summed E-state index contributed by atoms with van der Waals surface area (Å²) in [4.78, 5) is 17.2. The Kier molecular flexibility index (Phi) is 4.18. The molecular formula is C21H19FN2O. The minimum Gasteiger partial charge on any atom is -0.345 e. The molecule has 0 saturated heterocycles. The van der Waals surface area contributed by atoms with Gasteiger partial charge in [0.1, 0.15) is 5.82 Å². The lowest BCUT2D eigenvalue weighted by Crippen LogP contribution is -2.36. The number of pyridine rings is 1. The quantitative estimate of drug-likeness (QED) is 0.755. The van der Waals surface area contributed by atoms with Crippen molar-refractivity contribution in [1.82, 2.24) is 10.3 Å². The molecule has 1 aromatic heterocycles. The summed E-state index contributed by atoms with van der Waals surface area (Å²) in [6.45, 7) is 0. The summed E-state index contributed by atoms with van der Waals surface area (Å²) in [6.07, 6.45) is 4.92. The minimum atomic E-state index is -0.273. The van der Waals surface area contributed by atoms with Gasteiger partial charge in [0, 0.05) is 11.6 Å². The molecule has 1 fully saturated rings. The van der Waals surface area contributed by atoms with E-state index in [1.807, 2.05) is 30.3 Å². The van der Waals surface area contributed by atoms with Gasteiger partial charge in [0.25, 0.3) is 5.91 Å². The van der Waals surface area contributed by atoms with Crippen LogP contribution in [0, 0.1) is 11.7 Å². The summed E-state index contributed by atoms with van der Waals surface area (Å²) >= 11 is 0. The van der Waals surface area contributed by atoms with Gasteiger partial charge in [-0.15, -0.1) is 0 Å². The number of fused-ring (bicyclic) bond motifs is 1. The number of hydrogen-bond acceptors (Lipinski definition) is 2. The lowest BCUT2D eigenvalue weighted by molar-refractivity contribution is 0.0902. The van der Waals surface area contributed by atoms with E-state index in [0.717, 1.165) is 35.7 Å². The first kappa shape index (κ1) is 15.8. The van der Waals surface area contributed by atoms with E-state index >= 15 is 0 Å². The number of rotatable bonds is 4. The lowest BCUT2D eigenvalue weighted by Gasteiger charge is -2.34. The van der Waals surface area contributed by atoms with E-state index in [9.17, 15) is 9.18 Å². The predicted octanol–water partition coefficient (Wildman–Crippen LogP) is 4.65. The Morgan fingerprint density at radius 2 is 1.96 bits per heavy atom. The van der Waals surface area contributed by atoms with Gasteiger partial charge in [-0.25, -0.2) is 4.39 Å². The third-order valence-corrected chi connectivity index (χ3v) is 5.01. The van der Waals surface area contributed by atoms with Gasteiger partial charge >= 0.3 is 0 Å². The van der Waals surface area contributed by atoms with Gasteiger partial charge in [-0.05, 0) is 48.6 Å². The van der Waals surface area contributed by atoms with Crippen molar-refractivity contribution in [2.45, 2.75) is 25.3 Å². The van der Waals surface area contributed by atoms with Crippen LogP contribution in [0.15, 0.2) is 60.8 Å². The van der Waals surface area contributed by atoms with Crippen molar-refractivity contribution in [2.75, 3.05) is 0 Å². The molecule has 0 unspecified atom stereocenters. The number of hydrogen-bond donors (Lipinski definition) is 1. The first-order valence-electron chi connectivity index (χ1n) is 8.62. The second-order valence-corrected chi connectivity index (χ2v) is 6.57. The number of halogens is 1. The molecule has 0 bridgehead atoms. The highest BCUT2D eigenvalue weighted by Gasteiger charge is 2.30. The number of amides is 1. The first-order chi connectivity index (χ1) is 12.2. The summed E-state index contributed by atoms with van der Waals surface area (Å²) in [5.41, 5.74) is 2.23. The standard InChI is InChI=1S/C21H19FN2O/c22-16-8-4-7-15(13-16)20(14-5-3-6-14)24-21(25)18-11-12-23-19-10-2-1-9-17(18)19/h1-2,4,7-14,20H,3,5-6H2,(H,24,25)/t20-/m0/s1. The molecule has 4 heteroatoms. The van der Waals surface area contributed by atoms with Crippen molar-refractivity contribution in [3.63, 3.8) is 0 Å². The Morgan fingerprint density at radius 1 is 1.12 bits per heavy atom. The highest BCUT2D eigenvalue weighted by atomic mass is 19.1. The average Bonchev–Trinajstić information content (AvgIpc) is 2.59. The maximum atomic E-state index is 13.7. The van der Waals surface area contributed by atoms with Crippen LogP contribution in [-0.4, -0.2) is 10.9 Å². The molecule has 1 heterocycles. The Labute approximate surface area is 145 Å². The summed E-state index contributed by atoms with van der Waals surface area (Å²) in [5, 5.41) is 3.97. The molecule has 1 aliphatic carbocycles. The fraction of sp³-hybridized carbons (Fsp3) is 0.238. The zero-order valence-corrected chi connectivity index (χ0v) is 13.8. The van der Waals surface area contributed by atoms with E-state index in [0.29, 0.717) is 11.5 Å². The molecule has 4 rings (SSSR count). The van der Waals surface area contributed by atoms with E-state index in [2.05, 4.69) is 10.3 Å². The second-order valence-electron chi connectivity index (χ2n) is 6.57. The van der Waals surface area contributed by atoms with E-state index in [1.54, 1.807) is 18.3 Å². The number of carbonyl (C=O) groups excluding carboxylic acids is 1. The van der Waals surface area contributed by atoms with Crippen molar-refractivity contribution in [2.24, 2.45) is 5.92 Å². The van der Waals surface area contributed by atoms with Gasteiger partial charge in [-0.3, -0.25) is 9.78 Å². The zero-order chi connectivity index (χ0) is 17.2. The molecule has 25 heavy (non-hydrogen) atoms. The van der Waals surface area contributed by atoms with E-state index < -0.39 is 0 Å². The van der Waals surface area contributed by atoms with Crippen molar-refractivity contribution in [1.29, 1.82) is 0 Å². The number of para-hydroxylation sites is 1. The smallest absolute Gasteiger partial charge is 0.252 e. The topological polar surface area (TPSA) is 42.0 Å². The van der Waals surface area contributed by atoms with Crippen LogP contribution in [0.4, 0.5) is 4.39 Å². The van der Waals surface area contributed by atoms with Crippen LogP contribution in [0.25, 0.3) is 10.9 Å². The van der Waals surface area contributed by atoms with E-state index in [1.165, 1.54) is 12.1 Å². The molecule has 1 N–H and O–H groups in total. The van der Waals surface area contributed by atoms with Gasteiger partial charge < -0.3 is 5.32 Å². The third kappa shape index (κ3) is 3.12. The average molecular weight is 334 g/mol. The van der Waals surface area contributed by atoms with Crippen molar-refractivity contribution < 1.29 is 9.18 Å². The molecule has 1 aliphatic rings. The van der Waals surface area contributed by atoms with Crippen molar-refractivity contribution in [3.05, 3.63) is 77.7 Å². The lowest BCUT2D eigenvalue weighted by atomic mass is 9.77. The highest BCUT2D eigenvalue weighted by molar-refractivity contribution is 6.06. The summed E-state index contributed by atoms with van der Waals surface area (Å²) in [7, 11) is 0. The van der Waals surface area contributed by atoms with Crippen molar-refractivity contribution >= 4 is 16.8 Å². The Bertz CT molecular complexity index is 915. The number of carbonyl (C=O) groups is 1. The predicted molar refractivity (Wildman–Crippen MR) is 95.7 cm³/mol. The van der Waals surface area contributed by atoms with Crippen LogP contribution in [-0.2, 0) is 0 Å². The largest absolute Gasteiger partial charge is 0.345 e. The number of benzene rings is 2. The number of nitrogens with zero attached hydrogens (tertiary/aromatic N) is 1. The van der Waals surface area contributed by atoms with Crippen LogP contribution in [0.2, 0.25) is 0 Å². The molecule has 1 atom stereocenters. The Hall–Kier alpha value is -2.75. The fourth-order valence-electron chi connectivity index (χ4n) is 3.46. The maximum Gasteiger partial charge on any atom is 0.252 e. The third-order valence-electron chi connectivity index (χ3n) is 5.01. The monoisotopic (exact) mass is 334 g/mol. The normalized spacial score (nSPS) is 15.6. The molecule has 0 radical (unpaired) electrons. The van der Waals surface area contributed by atoms with Gasteiger partial charge in [-0.2, -0.15) is 0 Å². The number of nitrogens with one attached hydrogen (secondary N) is 1. The van der Waals surface area contributed by atoms with Gasteiger partial charge in [0.15, 0.2) is 0 Å². The van der Waals surface area contributed by atoms with Gasteiger partial charge in [-0.1, -0.05) is 36.8 Å². The molecule has 0 spiro atoms. The molecule has 126 valence electrons. The fourth-order valence-corrected chi connectivity index (χ4v) is 3.46. The second kappa shape index (κ2) is 6.63. The Balaban J connectivity index is 1.66. The van der Waals surface area contributed by atoms with Crippen LogP contribution in [0.3, 0.4) is 0 Å². The maximum absolute atomic E-state index is 13.7. The van der Waals surface area contributed by atoms with Gasteiger partial charge in [0.2, 0.25) is 0 Å².